The fourth-order valence-electron chi connectivity index (χ4n) is 2.90. The molecule has 0 unspecified atom stereocenters. The summed E-state index contributed by atoms with van der Waals surface area (Å²) in [4.78, 5) is 12.0. The maximum absolute atomic E-state index is 12.7. The number of amides is 1. The van der Waals surface area contributed by atoms with E-state index in [4.69, 9.17) is 5.84 Å². The van der Waals surface area contributed by atoms with Crippen molar-refractivity contribution in [2.75, 3.05) is 18.1 Å². The van der Waals surface area contributed by atoms with Crippen LogP contribution in [0.1, 0.15) is 48.8 Å². The molecule has 2 rings (SSSR count). The van der Waals surface area contributed by atoms with E-state index in [2.05, 4.69) is 62.3 Å². The largest absolute Gasteiger partial charge is 0.453 e. The van der Waals surface area contributed by atoms with E-state index in [1.807, 2.05) is 0 Å². The van der Waals surface area contributed by atoms with Crippen molar-refractivity contribution in [1.82, 2.24) is 20.2 Å². The number of nitrogens with one attached hydrogen (secondary N) is 1. The zero-order valence-corrected chi connectivity index (χ0v) is 18.0. The minimum atomic E-state index is -4.69. The number of alkyl halides is 3. The molecule has 0 spiro atoms. The van der Waals surface area contributed by atoms with E-state index in [9.17, 15) is 18.0 Å². The summed E-state index contributed by atoms with van der Waals surface area (Å²) < 4.78 is 38.3. The fraction of sp³-hybridized carbons (Fsp3) is 0.526. The Labute approximate surface area is 172 Å². The summed E-state index contributed by atoms with van der Waals surface area (Å²) in [6.07, 6.45) is -4.02. The van der Waals surface area contributed by atoms with Gasteiger partial charge in [-0.1, -0.05) is 44.7 Å². The number of hydrogen-bond acceptors (Lipinski definition) is 5. The van der Waals surface area contributed by atoms with Crippen LogP contribution in [0.4, 0.5) is 13.2 Å². The van der Waals surface area contributed by atoms with Gasteiger partial charge in [0.2, 0.25) is 11.1 Å². The van der Waals surface area contributed by atoms with Crippen LogP contribution < -0.4 is 11.2 Å². The number of nitrogens with zero attached hydrogens (tertiary/aromatic N) is 3. The van der Waals surface area contributed by atoms with Crippen LogP contribution in [0.15, 0.2) is 17.3 Å². The van der Waals surface area contributed by atoms with Gasteiger partial charge >= 0.3 is 6.18 Å². The summed E-state index contributed by atoms with van der Waals surface area (Å²) >= 11 is 0.802. The van der Waals surface area contributed by atoms with Crippen molar-refractivity contribution >= 4 is 17.7 Å². The van der Waals surface area contributed by atoms with Crippen LogP contribution in [-0.4, -0.2) is 33.1 Å². The normalized spacial score (nSPS) is 12.3. The molecule has 0 radical (unpaired) electrons. The van der Waals surface area contributed by atoms with E-state index >= 15 is 0 Å². The van der Waals surface area contributed by atoms with Gasteiger partial charge in [0.25, 0.3) is 5.82 Å². The van der Waals surface area contributed by atoms with Gasteiger partial charge < -0.3 is 11.2 Å². The minimum absolute atomic E-state index is 0.0645. The molecule has 2 aromatic rings. The predicted octanol–water partition coefficient (Wildman–Crippen LogP) is 3.38. The number of aryl methyl sites for hydroxylation is 2. The molecule has 0 atom stereocenters. The molecule has 0 saturated heterocycles. The Hall–Kier alpha value is -2.23. The van der Waals surface area contributed by atoms with Gasteiger partial charge in [0.15, 0.2) is 0 Å². The summed E-state index contributed by atoms with van der Waals surface area (Å²) in [6.45, 7) is 11.0. The SMILES string of the molecule is Cc1cc(C(C)(C)C)cc(C)c1CCNC(=O)CSc1nnc(C(F)(F)F)n1N. The predicted molar refractivity (Wildman–Crippen MR) is 107 cm³/mol. The Balaban J connectivity index is 1.89. The van der Waals surface area contributed by atoms with Gasteiger partial charge in [-0.3, -0.25) is 4.79 Å². The molecule has 160 valence electrons. The lowest BCUT2D eigenvalue weighted by atomic mass is 9.83. The molecule has 10 heteroatoms. The van der Waals surface area contributed by atoms with Gasteiger partial charge in [-0.15, -0.1) is 10.2 Å². The Morgan fingerprint density at radius 2 is 1.76 bits per heavy atom. The van der Waals surface area contributed by atoms with Crippen LogP contribution in [0.3, 0.4) is 0 Å². The number of carbonyl (C=O) groups excluding carboxylic acids is 1. The van der Waals surface area contributed by atoms with Crippen molar-refractivity contribution in [1.29, 1.82) is 0 Å². The summed E-state index contributed by atoms with van der Waals surface area (Å²) in [5, 5.41) is 9.01. The summed E-state index contributed by atoms with van der Waals surface area (Å²) in [6, 6.07) is 4.35. The monoisotopic (exact) mass is 429 g/mol. The second kappa shape index (κ2) is 8.64. The highest BCUT2D eigenvalue weighted by Crippen LogP contribution is 2.29. The molecule has 1 aromatic carbocycles. The molecule has 0 saturated carbocycles. The highest BCUT2D eigenvalue weighted by atomic mass is 32.2. The van der Waals surface area contributed by atoms with E-state index in [1.54, 1.807) is 0 Å². The fourth-order valence-corrected chi connectivity index (χ4v) is 3.58. The molecular formula is C19H26F3N5OS. The number of thioether (sulfide) groups is 1. The highest BCUT2D eigenvalue weighted by molar-refractivity contribution is 7.99. The maximum Gasteiger partial charge on any atom is 0.453 e. The van der Waals surface area contributed by atoms with Crippen molar-refractivity contribution in [3.05, 3.63) is 40.2 Å². The first kappa shape index (κ1) is 23.1. The molecule has 1 heterocycles. The maximum atomic E-state index is 12.7. The second-order valence-corrected chi connectivity index (χ2v) is 8.84. The molecule has 0 aliphatic rings. The van der Waals surface area contributed by atoms with Gasteiger partial charge in [0.1, 0.15) is 0 Å². The summed E-state index contributed by atoms with van der Waals surface area (Å²) in [5.74, 6) is 3.63. The number of nitrogens with two attached hydrogens (primary N) is 1. The quantitative estimate of drug-likeness (QED) is 0.543. The minimum Gasteiger partial charge on any atom is -0.355 e. The third kappa shape index (κ3) is 5.88. The van der Waals surface area contributed by atoms with E-state index in [0.717, 1.165) is 11.8 Å². The number of hydrogen-bond donors (Lipinski definition) is 2. The van der Waals surface area contributed by atoms with Gasteiger partial charge in [-0.2, -0.15) is 13.2 Å². The molecular weight excluding hydrogens is 403 g/mol. The van der Waals surface area contributed by atoms with Crippen LogP contribution in [0.2, 0.25) is 0 Å². The molecule has 3 N–H and O–H groups in total. The number of halogens is 3. The first-order valence-corrected chi connectivity index (χ1v) is 10.1. The number of benzene rings is 1. The topological polar surface area (TPSA) is 85.8 Å². The zero-order chi connectivity index (χ0) is 22.0. The molecule has 6 nitrogen and oxygen atoms in total. The van der Waals surface area contributed by atoms with E-state index in [1.165, 1.54) is 22.3 Å². The molecule has 0 aliphatic carbocycles. The Morgan fingerprint density at radius 3 is 2.24 bits per heavy atom. The van der Waals surface area contributed by atoms with Crippen molar-refractivity contribution in [3.63, 3.8) is 0 Å². The van der Waals surface area contributed by atoms with Crippen LogP contribution in [-0.2, 0) is 22.8 Å². The van der Waals surface area contributed by atoms with Crippen LogP contribution in [0, 0.1) is 13.8 Å². The molecule has 29 heavy (non-hydrogen) atoms. The van der Waals surface area contributed by atoms with Crippen LogP contribution in [0.5, 0.6) is 0 Å². The second-order valence-electron chi connectivity index (χ2n) is 7.90. The Morgan fingerprint density at radius 1 is 1.17 bits per heavy atom. The number of rotatable bonds is 6. The molecule has 0 bridgehead atoms. The molecule has 1 aromatic heterocycles. The molecule has 0 aliphatic heterocycles. The van der Waals surface area contributed by atoms with Crippen molar-refractivity contribution in [2.24, 2.45) is 0 Å². The highest BCUT2D eigenvalue weighted by Gasteiger charge is 2.38. The van der Waals surface area contributed by atoms with Gasteiger partial charge in [0.05, 0.1) is 5.75 Å². The number of nitrogen functional groups attached to an aromatic ring is 1. The molecule has 1 amide bonds. The van der Waals surface area contributed by atoms with Gasteiger partial charge in [0, 0.05) is 6.54 Å². The number of carbonyl (C=O) groups is 1. The van der Waals surface area contributed by atoms with Gasteiger partial charge in [-0.25, -0.2) is 4.68 Å². The average Bonchev–Trinajstić information content (AvgIpc) is 2.95. The lowest BCUT2D eigenvalue weighted by Gasteiger charge is -2.22. The number of aromatic nitrogens is 3. The smallest absolute Gasteiger partial charge is 0.355 e. The van der Waals surface area contributed by atoms with Gasteiger partial charge in [-0.05, 0) is 47.9 Å². The first-order valence-electron chi connectivity index (χ1n) is 9.08. The van der Waals surface area contributed by atoms with Crippen molar-refractivity contribution < 1.29 is 18.0 Å². The van der Waals surface area contributed by atoms with Crippen LogP contribution >= 0.6 is 11.8 Å². The third-order valence-corrected chi connectivity index (χ3v) is 5.45. The zero-order valence-electron chi connectivity index (χ0n) is 17.1. The van der Waals surface area contributed by atoms with Crippen LogP contribution in [0.25, 0.3) is 0 Å². The molecule has 0 fully saturated rings. The lowest BCUT2D eigenvalue weighted by molar-refractivity contribution is -0.146. The average molecular weight is 430 g/mol. The van der Waals surface area contributed by atoms with Crippen molar-refractivity contribution in [2.45, 2.75) is 57.8 Å². The summed E-state index contributed by atoms with van der Waals surface area (Å²) in [7, 11) is 0. The first-order chi connectivity index (χ1) is 13.3. The van der Waals surface area contributed by atoms with E-state index < -0.39 is 12.0 Å². The van der Waals surface area contributed by atoms with E-state index in [0.29, 0.717) is 17.6 Å². The summed E-state index contributed by atoms with van der Waals surface area (Å²) in [5.41, 5.74) is 4.86. The van der Waals surface area contributed by atoms with Crippen molar-refractivity contribution in [3.8, 4) is 0 Å². The standard InChI is InChI=1S/C19H26F3N5OS/c1-11-8-13(18(3,4)5)9-12(2)14(11)6-7-24-15(28)10-29-17-26-25-16(27(17)23)19(20,21)22/h8-9H,6-7,10,23H2,1-5H3,(H,24,28). The Bertz CT molecular complexity index is 864. The van der Waals surface area contributed by atoms with E-state index in [-0.39, 0.29) is 22.2 Å². The third-order valence-electron chi connectivity index (χ3n) is 4.51. The lowest BCUT2D eigenvalue weighted by Crippen LogP contribution is -2.28. The Kier molecular flexibility index (Phi) is 6.87.